The van der Waals surface area contributed by atoms with Crippen LogP contribution >= 0.6 is 11.3 Å². The van der Waals surface area contributed by atoms with Crippen LogP contribution in [-0.4, -0.2) is 46.9 Å². The number of aryl methyl sites for hydroxylation is 1. The van der Waals surface area contributed by atoms with Crippen LogP contribution < -0.4 is 0 Å². The molecule has 23 heavy (non-hydrogen) atoms. The summed E-state index contributed by atoms with van der Waals surface area (Å²) in [7, 11) is 1.98. The molecule has 126 valence electrons. The molecule has 0 fully saturated rings. The summed E-state index contributed by atoms with van der Waals surface area (Å²) in [5, 5.41) is 21.9. The van der Waals surface area contributed by atoms with E-state index >= 15 is 0 Å². The Balaban J connectivity index is 2.01. The molecule has 0 saturated heterocycles. The monoisotopic (exact) mass is 334 g/mol. The molecule has 0 amide bonds. The van der Waals surface area contributed by atoms with Gasteiger partial charge < -0.3 is 10.2 Å². The van der Waals surface area contributed by atoms with Gasteiger partial charge in [0.2, 0.25) is 0 Å². The number of aromatic nitrogens is 1. The largest absolute Gasteiger partial charge is 0.396 e. The Labute approximate surface area is 142 Å². The van der Waals surface area contributed by atoms with E-state index in [1.807, 2.05) is 14.0 Å². The van der Waals surface area contributed by atoms with Crippen molar-refractivity contribution in [1.29, 1.82) is 0 Å². The lowest BCUT2D eigenvalue weighted by molar-refractivity contribution is 0.0399. The second-order valence-corrected chi connectivity index (χ2v) is 7.35. The number of rotatable bonds is 8. The van der Waals surface area contributed by atoms with Crippen LogP contribution in [-0.2, 0) is 13.0 Å². The van der Waals surface area contributed by atoms with E-state index in [4.69, 9.17) is 4.98 Å². The summed E-state index contributed by atoms with van der Waals surface area (Å²) >= 11 is 1.65. The van der Waals surface area contributed by atoms with Crippen LogP contribution in [0.4, 0.5) is 0 Å². The number of hydrogen-bond donors (Lipinski definition) is 2. The van der Waals surface area contributed by atoms with Crippen molar-refractivity contribution >= 4 is 11.3 Å². The molecule has 0 atom stereocenters. The number of hydrogen-bond acceptors (Lipinski definition) is 5. The van der Waals surface area contributed by atoms with Crippen molar-refractivity contribution in [1.82, 2.24) is 9.88 Å². The molecular weight excluding hydrogens is 308 g/mol. The summed E-state index contributed by atoms with van der Waals surface area (Å²) in [6.45, 7) is 5.31. The van der Waals surface area contributed by atoms with Crippen LogP contribution in [0.5, 0.6) is 0 Å². The molecule has 0 saturated carbocycles. The van der Waals surface area contributed by atoms with E-state index in [0.29, 0.717) is 13.1 Å². The molecule has 0 bridgehead atoms. The molecule has 0 aliphatic carbocycles. The van der Waals surface area contributed by atoms with Crippen molar-refractivity contribution in [2.45, 2.75) is 26.8 Å². The smallest absolute Gasteiger partial charge is 0.123 e. The van der Waals surface area contributed by atoms with Crippen LogP contribution in [0.3, 0.4) is 0 Å². The van der Waals surface area contributed by atoms with Crippen LogP contribution in [0.1, 0.15) is 25.1 Å². The summed E-state index contributed by atoms with van der Waals surface area (Å²) in [5.41, 5.74) is 3.02. The zero-order valence-corrected chi connectivity index (χ0v) is 14.9. The minimum absolute atomic E-state index is 0.0278. The molecule has 1 heterocycles. The van der Waals surface area contributed by atoms with Gasteiger partial charge in [0.05, 0.1) is 18.9 Å². The molecule has 1 aromatic carbocycles. The quantitative estimate of drug-likeness (QED) is 0.779. The molecule has 0 aliphatic rings. The molecule has 0 aliphatic heterocycles. The number of aliphatic hydroxyl groups excluding tert-OH is 2. The second kappa shape index (κ2) is 8.02. The summed E-state index contributed by atoms with van der Waals surface area (Å²) < 4.78 is 0. The highest BCUT2D eigenvalue weighted by Crippen LogP contribution is 2.25. The molecule has 0 radical (unpaired) electrons. The fraction of sp³-hybridized carbons (Fsp3) is 0.500. The van der Waals surface area contributed by atoms with Gasteiger partial charge in [-0.25, -0.2) is 4.98 Å². The molecular formula is C18H26N2O2S. The van der Waals surface area contributed by atoms with Gasteiger partial charge in [0.25, 0.3) is 0 Å². The van der Waals surface area contributed by atoms with Crippen molar-refractivity contribution in [3.05, 3.63) is 40.9 Å². The van der Waals surface area contributed by atoms with Crippen molar-refractivity contribution in [2.75, 3.05) is 26.8 Å². The Hall–Kier alpha value is -1.27. The third-order valence-electron chi connectivity index (χ3n) is 4.01. The maximum atomic E-state index is 9.40. The van der Waals surface area contributed by atoms with Gasteiger partial charge in [0, 0.05) is 29.4 Å². The summed E-state index contributed by atoms with van der Waals surface area (Å²) in [6, 6.07) is 8.55. The highest BCUT2D eigenvalue weighted by Gasteiger charge is 2.24. The fourth-order valence-corrected chi connectivity index (χ4v) is 3.35. The first-order chi connectivity index (χ1) is 11.0. The topological polar surface area (TPSA) is 56.6 Å². The van der Waals surface area contributed by atoms with Crippen molar-refractivity contribution in [3.63, 3.8) is 0 Å². The van der Waals surface area contributed by atoms with E-state index in [1.165, 1.54) is 5.56 Å². The number of aliphatic hydroxyl groups is 2. The van der Waals surface area contributed by atoms with Gasteiger partial charge in [-0.15, -0.1) is 11.3 Å². The maximum absolute atomic E-state index is 9.40. The lowest BCUT2D eigenvalue weighted by atomic mass is 9.92. The molecule has 0 unspecified atom stereocenters. The molecule has 5 heteroatoms. The molecule has 2 aromatic rings. The van der Waals surface area contributed by atoms with Gasteiger partial charge in [-0.3, -0.25) is 4.90 Å². The van der Waals surface area contributed by atoms with Crippen molar-refractivity contribution in [3.8, 4) is 10.6 Å². The number of benzene rings is 1. The van der Waals surface area contributed by atoms with E-state index in [0.717, 1.165) is 22.7 Å². The van der Waals surface area contributed by atoms with Crippen LogP contribution in [0, 0.1) is 5.41 Å². The second-order valence-electron chi connectivity index (χ2n) is 6.49. The molecule has 0 spiro atoms. The predicted molar refractivity (Wildman–Crippen MR) is 95.5 cm³/mol. The lowest BCUT2D eigenvalue weighted by Crippen LogP contribution is -2.38. The minimum atomic E-state index is -0.483. The van der Waals surface area contributed by atoms with Crippen LogP contribution in [0.2, 0.25) is 0 Å². The number of thiazole rings is 1. The SMILES string of the molecule is CCc1ccc(-c2nc(CN(C)CC(C)(CO)CO)cs2)cc1. The van der Waals surface area contributed by atoms with Crippen molar-refractivity contribution in [2.24, 2.45) is 5.41 Å². The van der Waals surface area contributed by atoms with E-state index < -0.39 is 5.41 Å². The Morgan fingerprint density at radius 2 is 1.83 bits per heavy atom. The van der Waals surface area contributed by atoms with E-state index in [1.54, 1.807) is 11.3 Å². The normalized spacial score (nSPS) is 12.1. The fourth-order valence-electron chi connectivity index (χ4n) is 2.53. The van der Waals surface area contributed by atoms with Gasteiger partial charge in [-0.05, 0) is 19.0 Å². The Bertz CT molecular complexity index is 606. The van der Waals surface area contributed by atoms with Crippen LogP contribution in [0.25, 0.3) is 10.6 Å². The number of nitrogens with zero attached hydrogens (tertiary/aromatic N) is 2. The first-order valence-electron chi connectivity index (χ1n) is 7.93. The molecule has 2 N–H and O–H groups in total. The maximum Gasteiger partial charge on any atom is 0.123 e. The van der Waals surface area contributed by atoms with E-state index in [-0.39, 0.29) is 13.2 Å². The van der Waals surface area contributed by atoms with E-state index in [2.05, 4.69) is 41.5 Å². The lowest BCUT2D eigenvalue weighted by Gasteiger charge is -2.29. The summed E-state index contributed by atoms with van der Waals surface area (Å²) in [6.07, 6.45) is 1.04. The minimum Gasteiger partial charge on any atom is -0.396 e. The third kappa shape index (κ3) is 4.85. The third-order valence-corrected chi connectivity index (χ3v) is 4.95. The Morgan fingerprint density at radius 1 is 1.17 bits per heavy atom. The average molecular weight is 334 g/mol. The highest BCUT2D eigenvalue weighted by atomic mass is 32.1. The van der Waals surface area contributed by atoms with Crippen molar-refractivity contribution < 1.29 is 10.2 Å². The Morgan fingerprint density at radius 3 is 2.39 bits per heavy atom. The highest BCUT2D eigenvalue weighted by molar-refractivity contribution is 7.13. The summed E-state index contributed by atoms with van der Waals surface area (Å²) in [4.78, 5) is 6.80. The van der Waals surface area contributed by atoms with Gasteiger partial charge in [0.15, 0.2) is 0 Å². The first kappa shape index (κ1) is 18.1. The van der Waals surface area contributed by atoms with Gasteiger partial charge in [0.1, 0.15) is 5.01 Å². The van der Waals surface area contributed by atoms with E-state index in [9.17, 15) is 10.2 Å². The first-order valence-corrected chi connectivity index (χ1v) is 8.81. The predicted octanol–water partition coefficient (Wildman–Crippen LogP) is 2.80. The van der Waals surface area contributed by atoms with Gasteiger partial charge in [-0.2, -0.15) is 0 Å². The van der Waals surface area contributed by atoms with Crippen LogP contribution in [0.15, 0.2) is 29.6 Å². The average Bonchev–Trinajstić information content (AvgIpc) is 3.03. The van der Waals surface area contributed by atoms with Gasteiger partial charge in [-0.1, -0.05) is 38.1 Å². The molecule has 2 rings (SSSR count). The van der Waals surface area contributed by atoms with Gasteiger partial charge >= 0.3 is 0 Å². The zero-order chi connectivity index (χ0) is 16.9. The standard InChI is InChI=1S/C18H26N2O2S/c1-4-14-5-7-15(8-6-14)17-19-16(10-23-17)9-20(3)11-18(2,12-21)13-22/h5-8,10,21-22H,4,9,11-13H2,1-3H3. The molecule has 1 aromatic heterocycles. The Kier molecular flexibility index (Phi) is 6.30. The summed E-state index contributed by atoms with van der Waals surface area (Å²) in [5.74, 6) is 0. The molecule has 4 nitrogen and oxygen atoms in total. The zero-order valence-electron chi connectivity index (χ0n) is 14.1.